The van der Waals surface area contributed by atoms with Gasteiger partial charge < -0.3 is 19.6 Å². The van der Waals surface area contributed by atoms with E-state index in [2.05, 4.69) is 15.3 Å². The molecule has 1 fully saturated rings. The van der Waals surface area contributed by atoms with Crippen LogP contribution >= 0.6 is 11.8 Å². The number of carboxylic acids is 1. The lowest BCUT2D eigenvalue weighted by molar-refractivity contribution is 0.0507. The topological polar surface area (TPSA) is 115 Å². The van der Waals surface area contributed by atoms with Crippen molar-refractivity contribution < 1.29 is 23.8 Å². The van der Waals surface area contributed by atoms with Gasteiger partial charge in [-0.15, -0.1) is 0 Å². The van der Waals surface area contributed by atoms with Crippen LogP contribution in [0.25, 0.3) is 11.1 Å². The summed E-state index contributed by atoms with van der Waals surface area (Å²) in [5.74, 6) is -1.27. The van der Waals surface area contributed by atoms with E-state index in [1.54, 1.807) is 20.8 Å². The molecule has 0 bridgehead atoms. The minimum atomic E-state index is -1.15. The molecule has 1 saturated carbocycles. The van der Waals surface area contributed by atoms with Crippen molar-refractivity contribution >= 4 is 34.9 Å². The molecule has 3 rings (SSSR count). The number of thioether (sulfide) groups is 1. The first-order chi connectivity index (χ1) is 13.6. The third kappa shape index (κ3) is 4.66. The highest BCUT2D eigenvalue weighted by atomic mass is 32.2. The maximum atomic E-state index is 12.3. The summed E-state index contributed by atoms with van der Waals surface area (Å²) in [4.78, 5) is 33.0. The van der Waals surface area contributed by atoms with E-state index in [1.165, 1.54) is 18.0 Å². The Morgan fingerprint density at radius 1 is 1.31 bits per heavy atom. The van der Waals surface area contributed by atoms with Gasteiger partial charge in [0.2, 0.25) is 5.76 Å². The number of aromatic nitrogens is 2. The molecule has 1 aliphatic carbocycles. The molecule has 0 atom stereocenters. The van der Waals surface area contributed by atoms with Gasteiger partial charge in [0.15, 0.2) is 10.7 Å². The predicted molar refractivity (Wildman–Crippen MR) is 110 cm³/mol. The Morgan fingerprint density at radius 3 is 2.59 bits per heavy atom. The summed E-state index contributed by atoms with van der Waals surface area (Å²) < 4.78 is 11.0. The van der Waals surface area contributed by atoms with E-state index >= 15 is 0 Å². The van der Waals surface area contributed by atoms with Crippen LogP contribution in [0.1, 0.15) is 69.0 Å². The van der Waals surface area contributed by atoms with Crippen molar-refractivity contribution in [3.05, 3.63) is 17.5 Å². The van der Waals surface area contributed by atoms with Crippen LogP contribution in [-0.4, -0.2) is 45.5 Å². The van der Waals surface area contributed by atoms with Crippen LogP contribution < -0.4 is 5.32 Å². The Kier molecular flexibility index (Phi) is 6.07. The number of nitrogens with zero attached hydrogens (tertiary/aromatic N) is 2. The van der Waals surface area contributed by atoms with Crippen LogP contribution in [0.15, 0.2) is 15.8 Å². The zero-order valence-electron chi connectivity index (χ0n) is 17.2. The Hall–Kier alpha value is -2.29. The van der Waals surface area contributed by atoms with E-state index in [4.69, 9.17) is 9.15 Å². The highest BCUT2D eigenvalue weighted by Crippen LogP contribution is 2.44. The summed E-state index contributed by atoms with van der Waals surface area (Å²) in [6.45, 7) is 5.66. The van der Waals surface area contributed by atoms with Crippen LogP contribution in [-0.2, 0) is 10.2 Å². The minimum Gasteiger partial charge on any atom is -0.475 e. The van der Waals surface area contributed by atoms with Crippen molar-refractivity contribution in [2.75, 3.05) is 12.8 Å². The second-order valence-corrected chi connectivity index (χ2v) is 9.15. The fraction of sp³-hybridized carbons (Fsp3) is 0.600. The second-order valence-electron chi connectivity index (χ2n) is 8.38. The molecule has 0 unspecified atom stereocenters. The first-order valence-corrected chi connectivity index (χ1v) is 10.9. The molecule has 0 saturated heterocycles. The van der Waals surface area contributed by atoms with Crippen LogP contribution in [0.4, 0.5) is 4.79 Å². The van der Waals surface area contributed by atoms with Gasteiger partial charge in [0.1, 0.15) is 11.1 Å². The molecular weight excluding hydrogens is 394 g/mol. The lowest BCUT2D eigenvalue weighted by Crippen LogP contribution is -2.44. The van der Waals surface area contributed by atoms with E-state index in [0.717, 1.165) is 32.1 Å². The van der Waals surface area contributed by atoms with E-state index in [0.29, 0.717) is 21.8 Å². The summed E-state index contributed by atoms with van der Waals surface area (Å²) in [5, 5.41) is 13.2. The van der Waals surface area contributed by atoms with E-state index in [9.17, 15) is 14.7 Å². The second kappa shape index (κ2) is 8.22. The number of hydrogen-bond donors (Lipinski definition) is 2. The summed E-state index contributed by atoms with van der Waals surface area (Å²) >= 11 is 1.38. The number of carbonyl (C=O) groups excluding carboxylic acids is 1. The van der Waals surface area contributed by atoms with Gasteiger partial charge in [-0.1, -0.05) is 31.0 Å². The van der Waals surface area contributed by atoms with Gasteiger partial charge in [-0.05, 0) is 39.9 Å². The van der Waals surface area contributed by atoms with E-state index in [1.807, 2.05) is 6.26 Å². The molecular formula is C20H27N3O5S. The number of ether oxygens (including phenoxy) is 1. The third-order valence-electron chi connectivity index (χ3n) is 5.10. The molecule has 2 aromatic rings. The SMILES string of the molecule is CSc1ncc2oc(C(=O)O)c(C3(CNC(=O)OC(C)(C)C)CCCCC3)c2n1. The largest absolute Gasteiger partial charge is 0.475 e. The Labute approximate surface area is 173 Å². The first kappa shape index (κ1) is 21.4. The Balaban J connectivity index is 2.06. The smallest absolute Gasteiger partial charge is 0.407 e. The summed E-state index contributed by atoms with van der Waals surface area (Å²) in [7, 11) is 0. The molecule has 2 N–H and O–H groups in total. The number of hydrogen-bond acceptors (Lipinski definition) is 7. The lowest BCUT2D eigenvalue weighted by Gasteiger charge is -2.37. The summed E-state index contributed by atoms with van der Waals surface area (Å²) in [6, 6.07) is 0. The lowest BCUT2D eigenvalue weighted by atomic mass is 9.69. The molecule has 1 amide bonds. The van der Waals surface area contributed by atoms with E-state index in [-0.39, 0.29) is 12.3 Å². The number of carboxylic acid groups (broad SMARTS) is 1. The van der Waals surface area contributed by atoms with Crippen molar-refractivity contribution in [3.63, 3.8) is 0 Å². The van der Waals surface area contributed by atoms with Gasteiger partial charge >= 0.3 is 12.1 Å². The van der Waals surface area contributed by atoms with Crippen molar-refractivity contribution in [2.24, 2.45) is 0 Å². The van der Waals surface area contributed by atoms with Gasteiger partial charge in [-0.25, -0.2) is 19.6 Å². The number of rotatable bonds is 5. The highest BCUT2D eigenvalue weighted by molar-refractivity contribution is 7.98. The average Bonchev–Trinajstić information content (AvgIpc) is 3.05. The van der Waals surface area contributed by atoms with Gasteiger partial charge in [0.05, 0.1) is 6.20 Å². The first-order valence-electron chi connectivity index (χ1n) is 9.69. The van der Waals surface area contributed by atoms with Gasteiger partial charge in [0, 0.05) is 17.5 Å². The number of aromatic carboxylic acids is 1. The van der Waals surface area contributed by atoms with Crippen molar-refractivity contribution in [2.45, 2.75) is 69.0 Å². The number of furan rings is 1. The molecule has 0 aliphatic heterocycles. The number of alkyl carbamates (subject to hydrolysis) is 1. The van der Waals surface area contributed by atoms with Crippen LogP contribution in [0.3, 0.4) is 0 Å². The normalized spacial score (nSPS) is 16.6. The van der Waals surface area contributed by atoms with Crippen molar-refractivity contribution in [1.82, 2.24) is 15.3 Å². The van der Waals surface area contributed by atoms with Gasteiger partial charge in [0.25, 0.3) is 0 Å². The molecule has 9 heteroatoms. The maximum Gasteiger partial charge on any atom is 0.407 e. The fourth-order valence-corrected chi connectivity index (χ4v) is 4.26. The molecule has 2 aromatic heterocycles. The molecule has 158 valence electrons. The van der Waals surface area contributed by atoms with Crippen LogP contribution in [0.2, 0.25) is 0 Å². The minimum absolute atomic E-state index is 0.125. The highest BCUT2D eigenvalue weighted by Gasteiger charge is 2.42. The van der Waals surface area contributed by atoms with Crippen molar-refractivity contribution in [1.29, 1.82) is 0 Å². The standard InChI is InChI=1S/C20H27N3O5S/c1-19(2,3)28-18(26)22-11-20(8-6-5-7-9-20)13-14-12(27-15(13)16(24)25)10-21-17(23-14)29-4/h10H,5-9,11H2,1-4H3,(H,22,26)(H,24,25). The third-order valence-corrected chi connectivity index (χ3v) is 5.66. The molecule has 29 heavy (non-hydrogen) atoms. The average molecular weight is 422 g/mol. The number of fused-ring (bicyclic) bond motifs is 1. The maximum absolute atomic E-state index is 12.3. The molecule has 8 nitrogen and oxygen atoms in total. The molecule has 2 heterocycles. The summed E-state index contributed by atoms with van der Waals surface area (Å²) in [5.41, 5.74) is 0.206. The predicted octanol–water partition coefficient (Wildman–Crippen LogP) is 4.37. The van der Waals surface area contributed by atoms with Crippen LogP contribution in [0.5, 0.6) is 0 Å². The zero-order chi connectivity index (χ0) is 21.2. The van der Waals surface area contributed by atoms with E-state index < -0.39 is 23.1 Å². The molecule has 0 aromatic carbocycles. The van der Waals surface area contributed by atoms with Gasteiger partial charge in [-0.2, -0.15) is 0 Å². The quantitative estimate of drug-likeness (QED) is 0.540. The van der Waals surface area contributed by atoms with Crippen LogP contribution in [0, 0.1) is 0 Å². The number of carbonyl (C=O) groups is 2. The number of nitrogens with one attached hydrogen (secondary N) is 1. The zero-order valence-corrected chi connectivity index (χ0v) is 18.0. The Morgan fingerprint density at radius 2 is 2.00 bits per heavy atom. The molecule has 1 aliphatic rings. The van der Waals surface area contributed by atoms with Crippen molar-refractivity contribution in [3.8, 4) is 0 Å². The summed E-state index contributed by atoms with van der Waals surface area (Å²) in [6.07, 6.45) is 7.25. The monoisotopic (exact) mass is 421 g/mol. The number of amides is 1. The van der Waals surface area contributed by atoms with Gasteiger partial charge in [-0.3, -0.25) is 0 Å². The molecule has 0 radical (unpaired) electrons. The Bertz CT molecular complexity index is 913. The molecule has 0 spiro atoms. The fourth-order valence-electron chi connectivity index (χ4n) is 3.92.